The normalized spacial score (nSPS) is 18.4. The van der Waals surface area contributed by atoms with E-state index in [-0.39, 0.29) is 11.0 Å². The van der Waals surface area contributed by atoms with Gasteiger partial charge in [0.25, 0.3) is 0 Å². The number of hydrogen-bond acceptors (Lipinski definition) is 4. The van der Waals surface area contributed by atoms with E-state index < -0.39 is 10.0 Å². The third-order valence-corrected chi connectivity index (χ3v) is 4.31. The summed E-state index contributed by atoms with van der Waals surface area (Å²) in [5.74, 6) is 0.781. The lowest BCUT2D eigenvalue weighted by Crippen LogP contribution is -2.26. The van der Waals surface area contributed by atoms with E-state index in [1.54, 1.807) is 18.2 Å². The van der Waals surface area contributed by atoms with Crippen molar-refractivity contribution in [2.24, 2.45) is 5.73 Å². The maximum Gasteiger partial charge on any atom is 0.240 e. The van der Waals surface area contributed by atoms with Crippen LogP contribution in [-0.2, 0) is 16.4 Å². The molecule has 1 atom stereocenters. The summed E-state index contributed by atoms with van der Waals surface area (Å²) in [6, 6.07) is 4.97. The summed E-state index contributed by atoms with van der Waals surface area (Å²) < 4.78 is 32.1. The van der Waals surface area contributed by atoms with Crippen molar-refractivity contribution in [1.82, 2.24) is 4.72 Å². The average Bonchev–Trinajstić information content (AvgIpc) is 2.68. The van der Waals surface area contributed by atoms with Crippen molar-refractivity contribution in [3.8, 4) is 5.75 Å². The van der Waals surface area contributed by atoms with Crippen LogP contribution in [0.5, 0.6) is 5.75 Å². The minimum Gasteiger partial charge on any atom is -0.490 e. The van der Waals surface area contributed by atoms with Gasteiger partial charge in [-0.05, 0) is 43.7 Å². The molecule has 0 saturated carbocycles. The molecule has 100 valence electrons. The molecule has 0 amide bonds. The number of rotatable bonds is 5. The number of sulfonamides is 1. The molecular formula is C12H18N2O3S. The third kappa shape index (κ3) is 2.82. The Kier molecular flexibility index (Phi) is 3.89. The zero-order valence-corrected chi connectivity index (χ0v) is 11.2. The lowest BCUT2D eigenvalue weighted by Gasteiger charge is -2.07. The van der Waals surface area contributed by atoms with Gasteiger partial charge in [-0.25, -0.2) is 13.1 Å². The van der Waals surface area contributed by atoms with E-state index in [9.17, 15) is 8.42 Å². The summed E-state index contributed by atoms with van der Waals surface area (Å²) in [4.78, 5) is 0.288. The second-order valence-electron chi connectivity index (χ2n) is 4.44. The van der Waals surface area contributed by atoms with E-state index in [4.69, 9.17) is 10.5 Å². The van der Waals surface area contributed by atoms with Gasteiger partial charge in [0.05, 0.1) is 4.90 Å². The van der Waals surface area contributed by atoms with Crippen LogP contribution in [-0.4, -0.2) is 27.6 Å². The summed E-state index contributed by atoms with van der Waals surface area (Å²) in [5, 5.41) is 0. The van der Waals surface area contributed by atoms with Crippen molar-refractivity contribution < 1.29 is 13.2 Å². The number of ether oxygens (including phenoxy) is 1. The predicted molar refractivity (Wildman–Crippen MR) is 69.1 cm³/mol. The lowest BCUT2D eigenvalue weighted by molar-refractivity contribution is 0.254. The highest BCUT2D eigenvalue weighted by Gasteiger charge is 2.22. The molecule has 1 aliphatic heterocycles. The Morgan fingerprint density at radius 2 is 2.28 bits per heavy atom. The van der Waals surface area contributed by atoms with Gasteiger partial charge in [-0.1, -0.05) is 0 Å². The topological polar surface area (TPSA) is 81.4 Å². The minimum atomic E-state index is -3.43. The summed E-state index contributed by atoms with van der Waals surface area (Å²) in [6.45, 7) is 2.80. The van der Waals surface area contributed by atoms with Crippen molar-refractivity contribution in [1.29, 1.82) is 0 Å². The van der Waals surface area contributed by atoms with Crippen LogP contribution >= 0.6 is 0 Å². The molecule has 1 unspecified atom stereocenters. The third-order valence-electron chi connectivity index (χ3n) is 2.85. The molecule has 1 aromatic carbocycles. The van der Waals surface area contributed by atoms with E-state index in [0.717, 1.165) is 17.7 Å². The minimum absolute atomic E-state index is 0.114. The molecule has 0 spiro atoms. The molecule has 1 aliphatic rings. The summed E-state index contributed by atoms with van der Waals surface area (Å²) in [7, 11) is -3.43. The van der Waals surface area contributed by atoms with Crippen LogP contribution < -0.4 is 15.2 Å². The van der Waals surface area contributed by atoms with Gasteiger partial charge < -0.3 is 10.5 Å². The number of benzene rings is 1. The molecule has 0 aromatic heterocycles. The molecule has 1 aromatic rings. The van der Waals surface area contributed by atoms with Gasteiger partial charge in [-0.2, -0.15) is 0 Å². The summed E-state index contributed by atoms with van der Waals surface area (Å²) >= 11 is 0. The van der Waals surface area contributed by atoms with E-state index in [0.29, 0.717) is 19.5 Å². The molecule has 0 bridgehead atoms. The molecule has 1 heterocycles. The zero-order valence-electron chi connectivity index (χ0n) is 10.3. The van der Waals surface area contributed by atoms with Crippen molar-refractivity contribution in [2.75, 3.05) is 13.1 Å². The van der Waals surface area contributed by atoms with Gasteiger partial charge in [0.15, 0.2) is 0 Å². The first-order chi connectivity index (χ1) is 8.53. The van der Waals surface area contributed by atoms with Crippen molar-refractivity contribution in [2.45, 2.75) is 30.8 Å². The van der Waals surface area contributed by atoms with Gasteiger partial charge in [0, 0.05) is 13.0 Å². The van der Waals surface area contributed by atoms with Crippen molar-refractivity contribution in [3.63, 3.8) is 0 Å². The fourth-order valence-corrected chi connectivity index (χ4v) is 3.08. The highest BCUT2D eigenvalue weighted by Crippen LogP contribution is 2.30. The lowest BCUT2D eigenvalue weighted by atomic mass is 10.1. The maximum absolute atomic E-state index is 12.0. The predicted octanol–water partition coefficient (Wildman–Crippen LogP) is 0.637. The van der Waals surface area contributed by atoms with Gasteiger partial charge in [0.2, 0.25) is 10.0 Å². The van der Waals surface area contributed by atoms with E-state index in [2.05, 4.69) is 4.72 Å². The Bertz CT molecular complexity index is 528. The number of nitrogens with one attached hydrogen (secondary N) is 1. The molecule has 0 saturated heterocycles. The molecule has 3 N–H and O–H groups in total. The molecular weight excluding hydrogens is 252 g/mol. The maximum atomic E-state index is 12.0. The average molecular weight is 270 g/mol. The Morgan fingerprint density at radius 3 is 3.00 bits per heavy atom. The van der Waals surface area contributed by atoms with Gasteiger partial charge in [0.1, 0.15) is 11.9 Å². The fraction of sp³-hybridized carbons (Fsp3) is 0.500. The Labute approximate surface area is 107 Å². The van der Waals surface area contributed by atoms with Crippen LogP contribution in [0.1, 0.15) is 18.9 Å². The first kappa shape index (κ1) is 13.3. The monoisotopic (exact) mass is 270 g/mol. The summed E-state index contributed by atoms with van der Waals surface area (Å²) in [5.41, 5.74) is 6.28. The van der Waals surface area contributed by atoms with Crippen molar-refractivity contribution >= 4 is 10.0 Å². The van der Waals surface area contributed by atoms with Crippen LogP contribution in [0, 0.1) is 0 Å². The van der Waals surface area contributed by atoms with Crippen LogP contribution in [0.2, 0.25) is 0 Å². The Balaban J connectivity index is 2.17. The molecule has 6 heteroatoms. The quantitative estimate of drug-likeness (QED) is 0.769. The Morgan fingerprint density at radius 1 is 1.50 bits per heavy atom. The van der Waals surface area contributed by atoms with Gasteiger partial charge >= 0.3 is 0 Å². The fourth-order valence-electron chi connectivity index (χ4n) is 1.96. The highest BCUT2D eigenvalue weighted by atomic mass is 32.2. The standard InChI is InChI=1S/C12H18N2O3S/c1-9-7-10-8-11(3-4-12(10)17-9)18(15,16)14-6-2-5-13/h3-4,8-9,14H,2,5-7,13H2,1H3. The molecule has 2 rings (SSSR count). The van der Waals surface area contributed by atoms with E-state index >= 15 is 0 Å². The van der Waals surface area contributed by atoms with Crippen molar-refractivity contribution in [3.05, 3.63) is 23.8 Å². The van der Waals surface area contributed by atoms with Gasteiger partial charge in [-0.3, -0.25) is 0 Å². The molecule has 0 aliphatic carbocycles. The van der Waals surface area contributed by atoms with E-state index in [1.165, 1.54) is 0 Å². The van der Waals surface area contributed by atoms with Crippen LogP contribution in [0.15, 0.2) is 23.1 Å². The smallest absolute Gasteiger partial charge is 0.240 e. The summed E-state index contributed by atoms with van der Waals surface area (Å²) in [6.07, 6.45) is 1.49. The van der Waals surface area contributed by atoms with Crippen LogP contribution in [0.3, 0.4) is 0 Å². The highest BCUT2D eigenvalue weighted by molar-refractivity contribution is 7.89. The molecule has 0 radical (unpaired) electrons. The molecule has 0 fully saturated rings. The molecule has 18 heavy (non-hydrogen) atoms. The van der Waals surface area contributed by atoms with E-state index in [1.807, 2.05) is 6.92 Å². The van der Waals surface area contributed by atoms with Crippen LogP contribution in [0.4, 0.5) is 0 Å². The second-order valence-corrected chi connectivity index (χ2v) is 6.21. The first-order valence-corrected chi connectivity index (χ1v) is 7.50. The number of hydrogen-bond donors (Lipinski definition) is 2. The van der Waals surface area contributed by atoms with Gasteiger partial charge in [-0.15, -0.1) is 0 Å². The first-order valence-electron chi connectivity index (χ1n) is 6.02. The second kappa shape index (κ2) is 5.26. The van der Waals surface area contributed by atoms with Crippen LogP contribution in [0.25, 0.3) is 0 Å². The molecule has 5 nitrogen and oxygen atoms in total. The zero-order chi connectivity index (χ0) is 13.2. The number of nitrogens with two attached hydrogens (primary N) is 1. The Hall–Kier alpha value is -1.11. The largest absolute Gasteiger partial charge is 0.490 e. The SMILES string of the molecule is CC1Cc2cc(S(=O)(=O)NCCCN)ccc2O1. The number of fused-ring (bicyclic) bond motifs is 1.